The molecule has 0 spiro atoms. The second-order valence-corrected chi connectivity index (χ2v) is 9.67. The zero-order valence-corrected chi connectivity index (χ0v) is 20.0. The smallest absolute Gasteiger partial charge is 0.0642 e. The number of fused-ring (bicyclic) bond motifs is 2. The van der Waals surface area contributed by atoms with Crippen molar-refractivity contribution < 1.29 is 4.74 Å². The third-order valence-corrected chi connectivity index (χ3v) is 7.34. The number of nitrogens with one attached hydrogen (secondary N) is 1. The van der Waals surface area contributed by atoms with Gasteiger partial charge in [0.05, 0.1) is 24.6 Å². The van der Waals surface area contributed by atoms with Crippen molar-refractivity contribution >= 4 is 34.5 Å². The number of morpholine rings is 1. The minimum absolute atomic E-state index is 0.820. The molecule has 2 aliphatic heterocycles. The summed E-state index contributed by atoms with van der Waals surface area (Å²) < 4.78 is 5.52. The van der Waals surface area contributed by atoms with Crippen LogP contribution in [0.15, 0.2) is 46.2 Å². The Kier molecular flexibility index (Phi) is 8.03. The number of unbranched alkanes of at least 4 members (excludes halogenated alkanes) is 4. The lowest BCUT2D eigenvalue weighted by Crippen LogP contribution is -2.36. The monoisotopic (exact) mass is 439 g/mol. The highest BCUT2D eigenvalue weighted by atomic mass is 32.2. The van der Waals surface area contributed by atoms with Gasteiger partial charge in [0.2, 0.25) is 0 Å². The minimum Gasteiger partial charge on any atom is -0.378 e. The lowest BCUT2D eigenvalue weighted by atomic mass is 10.1. The molecule has 4 rings (SSSR count). The van der Waals surface area contributed by atoms with Gasteiger partial charge in [-0.15, -0.1) is 0 Å². The topological polar surface area (TPSA) is 27.7 Å². The van der Waals surface area contributed by atoms with E-state index in [-0.39, 0.29) is 0 Å². The molecule has 2 aliphatic rings. The van der Waals surface area contributed by atoms with E-state index in [4.69, 9.17) is 4.74 Å². The predicted molar refractivity (Wildman–Crippen MR) is 135 cm³/mol. The fraction of sp³-hybridized carbons (Fsp3) is 0.538. The fourth-order valence-corrected chi connectivity index (χ4v) is 5.41. The Morgan fingerprint density at radius 2 is 1.52 bits per heavy atom. The van der Waals surface area contributed by atoms with Gasteiger partial charge in [0.1, 0.15) is 0 Å². The van der Waals surface area contributed by atoms with Crippen LogP contribution in [0.3, 0.4) is 0 Å². The van der Waals surface area contributed by atoms with Crippen molar-refractivity contribution in [2.24, 2.45) is 0 Å². The van der Waals surface area contributed by atoms with E-state index in [1.807, 2.05) is 11.8 Å². The van der Waals surface area contributed by atoms with Crippen molar-refractivity contribution in [3.05, 3.63) is 36.4 Å². The van der Waals surface area contributed by atoms with Gasteiger partial charge in [-0.3, -0.25) is 0 Å². The molecule has 0 aliphatic carbocycles. The number of rotatable bonds is 10. The molecule has 2 heterocycles. The molecule has 0 bridgehead atoms. The molecule has 0 radical (unpaired) electrons. The van der Waals surface area contributed by atoms with E-state index in [9.17, 15) is 0 Å². The maximum absolute atomic E-state index is 5.52. The summed E-state index contributed by atoms with van der Waals surface area (Å²) >= 11 is 1.90. The zero-order valence-electron chi connectivity index (χ0n) is 19.2. The van der Waals surface area contributed by atoms with Gasteiger partial charge in [0, 0.05) is 47.3 Å². The molecule has 1 fully saturated rings. The van der Waals surface area contributed by atoms with Crippen LogP contribution >= 0.6 is 11.8 Å². The quantitative estimate of drug-likeness (QED) is 0.346. The molecule has 168 valence electrons. The Balaban J connectivity index is 1.51. The van der Waals surface area contributed by atoms with Crippen LogP contribution in [-0.2, 0) is 4.74 Å². The van der Waals surface area contributed by atoms with E-state index >= 15 is 0 Å². The largest absolute Gasteiger partial charge is 0.378 e. The number of ether oxygens (including phenoxy) is 1. The second-order valence-electron chi connectivity index (χ2n) is 8.59. The van der Waals surface area contributed by atoms with Gasteiger partial charge in [-0.2, -0.15) is 0 Å². The van der Waals surface area contributed by atoms with E-state index in [0.29, 0.717) is 0 Å². The van der Waals surface area contributed by atoms with Gasteiger partial charge in [-0.25, -0.2) is 0 Å². The van der Waals surface area contributed by atoms with E-state index in [1.54, 1.807) is 0 Å². The summed E-state index contributed by atoms with van der Waals surface area (Å²) in [6, 6.07) is 13.8. The Morgan fingerprint density at radius 3 is 2.19 bits per heavy atom. The summed E-state index contributed by atoms with van der Waals surface area (Å²) in [5.74, 6) is 0. The molecular formula is C26H37N3OS. The van der Waals surface area contributed by atoms with Crippen LogP contribution in [0, 0.1) is 0 Å². The Hall–Kier alpha value is -1.85. The van der Waals surface area contributed by atoms with Gasteiger partial charge < -0.3 is 19.9 Å². The average molecular weight is 440 g/mol. The predicted octanol–water partition coefficient (Wildman–Crippen LogP) is 6.92. The molecule has 4 nitrogen and oxygen atoms in total. The maximum Gasteiger partial charge on any atom is 0.0642 e. The van der Waals surface area contributed by atoms with E-state index < -0.39 is 0 Å². The first-order valence-corrected chi connectivity index (χ1v) is 12.9. The van der Waals surface area contributed by atoms with Crippen molar-refractivity contribution in [2.75, 3.05) is 54.5 Å². The molecule has 0 saturated carbocycles. The van der Waals surface area contributed by atoms with Gasteiger partial charge in [0.15, 0.2) is 0 Å². The molecule has 2 aromatic carbocycles. The normalized spacial score (nSPS) is 15.2. The third kappa shape index (κ3) is 5.69. The minimum atomic E-state index is 0.820. The summed E-state index contributed by atoms with van der Waals surface area (Å²) in [4.78, 5) is 7.68. The Labute approximate surface area is 192 Å². The standard InChI is InChI=1S/C26H37N3OS/c1-3-5-7-13-28(14-8-6-4-2)21-9-11-23-25(19-21)31-26-20-22(10-12-24(26)27-23)29-15-17-30-18-16-29/h9-12,19-20,27H,3-8,13-18H2,1-2H3. The molecule has 0 atom stereocenters. The number of anilines is 4. The summed E-state index contributed by atoms with van der Waals surface area (Å²) in [5, 5.41) is 3.66. The van der Waals surface area contributed by atoms with Crippen LogP contribution in [0.25, 0.3) is 0 Å². The molecule has 5 heteroatoms. The molecule has 1 N–H and O–H groups in total. The van der Waals surface area contributed by atoms with Gasteiger partial charge in [-0.05, 0) is 49.2 Å². The highest BCUT2D eigenvalue weighted by Gasteiger charge is 2.20. The summed E-state index contributed by atoms with van der Waals surface area (Å²) in [5.41, 5.74) is 5.11. The zero-order chi connectivity index (χ0) is 21.5. The highest BCUT2D eigenvalue weighted by molar-refractivity contribution is 7.99. The lowest BCUT2D eigenvalue weighted by molar-refractivity contribution is 0.122. The summed E-state index contributed by atoms with van der Waals surface area (Å²) in [7, 11) is 0. The molecule has 0 aromatic heterocycles. The third-order valence-electron chi connectivity index (χ3n) is 6.22. The molecule has 1 saturated heterocycles. The SMILES string of the molecule is CCCCCN(CCCCC)c1ccc2c(c1)Sc1cc(N3CCOCC3)ccc1N2. The first kappa shape index (κ1) is 22.3. The van der Waals surface area contributed by atoms with Gasteiger partial charge >= 0.3 is 0 Å². The molecule has 2 aromatic rings. The van der Waals surface area contributed by atoms with Gasteiger partial charge in [0.25, 0.3) is 0 Å². The lowest BCUT2D eigenvalue weighted by Gasteiger charge is -2.31. The summed E-state index contributed by atoms with van der Waals surface area (Å²) in [6.07, 6.45) is 7.71. The van der Waals surface area contributed by atoms with Crippen molar-refractivity contribution in [3.8, 4) is 0 Å². The van der Waals surface area contributed by atoms with Crippen molar-refractivity contribution in [1.82, 2.24) is 0 Å². The van der Waals surface area contributed by atoms with Crippen LogP contribution in [0.1, 0.15) is 52.4 Å². The van der Waals surface area contributed by atoms with Crippen molar-refractivity contribution in [3.63, 3.8) is 0 Å². The van der Waals surface area contributed by atoms with Crippen LogP contribution in [-0.4, -0.2) is 39.4 Å². The van der Waals surface area contributed by atoms with E-state index in [2.05, 4.69) is 65.4 Å². The second kappa shape index (κ2) is 11.1. The maximum atomic E-state index is 5.52. The fourth-order valence-electron chi connectivity index (χ4n) is 4.35. The van der Waals surface area contributed by atoms with Crippen LogP contribution in [0.4, 0.5) is 22.7 Å². The Bertz CT molecular complexity index is 841. The number of nitrogens with zero attached hydrogens (tertiary/aromatic N) is 2. The van der Waals surface area contributed by atoms with Crippen molar-refractivity contribution in [2.45, 2.75) is 62.2 Å². The van der Waals surface area contributed by atoms with Crippen molar-refractivity contribution in [1.29, 1.82) is 0 Å². The van der Waals surface area contributed by atoms with Crippen LogP contribution < -0.4 is 15.1 Å². The molecular weight excluding hydrogens is 402 g/mol. The number of hydrogen-bond donors (Lipinski definition) is 1. The van der Waals surface area contributed by atoms with E-state index in [1.165, 1.54) is 71.1 Å². The first-order valence-electron chi connectivity index (χ1n) is 12.1. The molecule has 31 heavy (non-hydrogen) atoms. The molecule has 0 unspecified atom stereocenters. The molecule has 0 amide bonds. The van der Waals surface area contributed by atoms with Crippen LogP contribution in [0.5, 0.6) is 0 Å². The Morgan fingerprint density at radius 1 is 0.871 bits per heavy atom. The highest BCUT2D eigenvalue weighted by Crippen LogP contribution is 2.46. The van der Waals surface area contributed by atoms with Crippen LogP contribution in [0.2, 0.25) is 0 Å². The number of benzene rings is 2. The number of hydrogen-bond acceptors (Lipinski definition) is 5. The first-order chi connectivity index (χ1) is 15.3. The summed E-state index contributed by atoms with van der Waals surface area (Å²) in [6.45, 7) is 10.5. The average Bonchev–Trinajstić information content (AvgIpc) is 2.82. The van der Waals surface area contributed by atoms with Gasteiger partial charge in [-0.1, -0.05) is 51.3 Å². The van der Waals surface area contributed by atoms with E-state index in [0.717, 1.165) is 39.4 Å².